The lowest BCUT2D eigenvalue weighted by molar-refractivity contribution is -0.145. The average molecular weight is 182 g/mol. The second-order valence-corrected chi connectivity index (χ2v) is 1.80. The maximum Gasteiger partial charge on any atom is 0.455 e. The summed E-state index contributed by atoms with van der Waals surface area (Å²) >= 11 is 0. The molecule has 70 valence electrons. The van der Waals surface area contributed by atoms with Crippen LogP contribution >= 0.6 is 0 Å². The molecule has 1 aromatic rings. The van der Waals surface area contributed by atoms with E-state index in [4.69, 9.17) is 0 Å². The van der Waals surface area contributed by atoms with Crippen LogP contribution in [0.5, 0.6) is 0 Å². The Kier molecular flexibility index (Phi) is 3.17. The summed E-state index contributed by atoms with van der Waals surface area (Å²) in [4.78, 5) is 0.878. The second kappa shape index (κ2) is 3.51. The second-order valence-electron chi connectivity index (χ2n) is 1.80. The van der Waals surface area contributed by atoms with Crippen molar-refractivity contribution < 1.29 is 13.2 Å². The minimum atomic E-state index is -4.49. The maximum absolute atomic E-state index is 11.8. The molecule has 0 N–H and O–H groups in total. The molecule has 0 fully saturated rings. The van der Waals surface area contributed by atoms with Crippen molar-refractivity contribution in [2.75, 3.05) is 0 Å². The first-order valence-corrected chi connectivity index (χ1v) is 2.89. The minimum absolute atomic E-state index is 0. The molecule has 1 heterocycles. The van der Waals surface area contributed by atoms with Crippen molar-refractivity contribution in [3.05, 3.63) is 5.82 Å². The van der Waals surface area contributed by atoms with E-state index < -0.39 is 12.0 Å². The molecule has 0 unspecified atom stereocenters. The SMILES string of the molecule is C.CCn1nnc(C(F)(F)F)n1. The smallest absolute Gasteiger partial charge is 0.164 e. The highest BCUT2D eigenvalue weighted by atomic mass is 19.4. The van der Waals surface area contributed by atoms with Crippen molar-refractivity contribution >= 4 is 0 Å². The van der Waals surface area contributed by atoms with Crippen LogP contribution in [0, 0.1) is 0 Å². The minimum Gasteiger partial charge on any atom is -0.164 e. The molecule has 7 heteroatoms. The highest BCUT2D eigenvalue weighted by Gasteiger charge is 2.36. The van der Waals surface area contributed by atoms with E-state index in [0.717, 1.165) is 4.80 Å². The molecular formula is C5H9F3N4. The van der Waals surface area contributed by atoms with Gasteiger partial charge in [0.05, 0.1) is 6.54 Å². The molecule has 0 atom stereocenters. The summed E-state index contributed by atoms with van der Waals surface area (Å²) in [6.07, 6.45) is -4.49. The van der Waals surface area contributed by atoms with Crippen LogP contribution in [-0.4, -0.2) is 20.2 Å². The van der Waals surface area contributed by atoms with Crippen LogP contribution in [0.1, 0.15) is 20.2 Å². The van der Waals surface area contributed by atoms with Crippen molar-refractivity contribution in [3.8, 4) is 0 Å². The van der Waals surface area contributed by atoms with E-state index in [9.17, 15) is 13.2 Å². The molecule has 1 aromatic heterocycles. The fraction of sp³-hybridized carbons (Fsp3) is 0.800. The summed E-state index contributed by atoms with van der Waals surface area (Å²) in [6.45, 7) is 1.91. The summed E-state index contributed by atoms with van der Waals surface area (Å²) in [5, 5.41) is 9.04. The Labute approximate surface area is 67.4 Å². The van der Waals surface area contributed by atoms with Gasteiger partial charge in [-0.1, -0.05) is 7.43 Å². The third kappa shape index (κ3) is 2.18. The Morgan fingerprint density at radius 1 is 1.42 bits per heavy atom. The van der Waals surface area contributed by atoms with Gasteiger partial charge in [0.15, 0.2) is 0 Å². The fourth-order valence-corrected chi connectivity index (χ4v) is 0.491. The summed E-state index contributed by atoms with van der Waals surface area (Å²) in [5.74, 6) is -1.20. The maximum atomic E-state index is 11.8. The van der Waals surface area contributed by atoms with Crippen LogP contribution in [-0.2, 0) is 12.7 Å². The first kappa shape index (κ1) is 10.9. The van der Waals surface area contributed by atoms with Crippen LogP contribution in [0.25, 0.3) is 0 Å². The van der Waals surface area contributed by atoms with Crippen molar-refractivity contribution in [1.82, 2.24) is 20.2 Å². The number of hydrogen-bond donors (Lipinski definition) is 0. The van der Waals surface area contributed by atoms with Gasteiger partial charge < -0.3 is 0 Å². The number of aryl methyl sites for hydroxylation is 1. The topological polar surface area (TPSA) is 43.6 Å². The summed E-state index contributed by atoms with van der Waals surface area (Å²) < 4.78 is 35.3. The highest BCUT2D eigenvalue weighted by Crippen LogP contribution is 2.24. The van der Waals surface area contributed by atoms with Crippen LogP contribution in [0.15, 0.2) is 0 Å². The zero-order valence-corrected chi connectivity index (χ0v) is 5.63. The molecule has 0 saturated carbocycles. The number of rotatable bonds is 1. The lowest BCUT2D eigenvalue weighted by Gasteiger charge is -1.96. The molecular weight excluding hydrogens is 173 g/mol. The lowest BCUT2D eigenvalue weighted by atomic mass is 10.6. The predicted octanol–water partition coefficient (Wildman–Crippen LogP) is 1.35. The number of alkyl halides is 3. The van der Waals surface area contributed by atoms with Crippen molar-refractivity contribution in [2.45, 2.75) is 27.1 Å². The molecule has 0 spiro atoms. The van der Waals surface area contributed by atoms with Gasteiger partial charge in [0.25, 0.3) is 5.82 Å². The largest absolute Gasteiger partial charge is 0.455 e. The van der Waals surface area contributed by atoms with Gasteiger partial charge in [-0.05, 0) is 12.1 Å². The van der Waals surface area contributed by atoms with Crippen molar-refractivity contribution in [2.24, 2.45) is 0 Å². The first-order chi connectivity index (χ1) is 5.04. The quantitative estimate of drug-likeness (QED) is 0.658. The predicted molar refractivity (Wildman–Crippen MR) is 35.2 cm³/mol. The molecule has 0 aliphatic rings. The van der Waals surface area contributed by atoms with Crippen LogP contribution in [0.3, 0.4) is 0 Å². The molecule has 0 radical (unpaired) electrons. The third-order valence-corrected chi connectivity index (χ3v) is 0.989. The Hall–Kier alpha value is -1.14. The summed E-state index contributed by atoms with van der Waals surface area (Å²) in [6, 6.07) is 0. The van der Waals surface area contributed by atoms with Gasteiger partial charge in [0.2, 0.25) is 0 Å². The van der Waals surface area contributed by atoms with Gasteiger partial charge in [-0.25, -0.2) is 0 Å². The Balaban J connectivity index is 0.00000121. The first-order valence-electron chi connectivity index (χ1n) is 2.89. The Morgan fingerprint density at radius 2 is 2.00 bits per heavy atom. The molecule has 0 aliphatic heterocycles. The highest BCUT2D eigenvalue weighted by molar-refractivity contribution is 4.82. The number of aromatic nitrogens is 4. The Morgan fingerprint density at radius 3 is 2.25 bits per heavy atom. The standard InChI is InChI=1S/C4H5F3N4.CH4/c1-2-11-9-3(8-10-11)4(5,6)7;/h2H2,1H3;1H4. The molecule has 0 aliphatic carbocycles. The molecule has 0 saturated heterocycles. The van der Waals surface area contributed by atoms with E-state index in [1.54, 1.807) is 6.92 Å². The van der Waals surface area contributed by atoms with E-state index in [-0.39, 0.29) is 14.0 Å². The van der Waals surface area contributed by atoms with E-state index in [1.807, 2.05) is 0 Å². The van der Waals surface area contributed by atoms with Crippen molar-refractivity contribution in [3.63, 3.8) is 0 Å². The van der Waals surface area contributed by atoms with Gasteiger partial charge in [0, 0.05) is 0 Å². The van der Waals surface area contributed by atoms with E-state index in [2.05, 4.69) is 15.4 Å². The zero-order valence-electron chi connectivity index (χ0n) is 5.63. The molecule has 1 rings (SSSR count). The van der Waals surface area contributed by atoms with Crippen LogP contribution in [0.2, 0.25) is 0 Å². The van der Waals surface area contributed by atoms with Gasteiger partial charge >= 0.3 is 6.18 Å². The van der Waals surface area contributed by atoms with Gasteiger partial charge in [-0.3, -0.25) is 0 Å². The van der Waals surface area contributed by atoms with Crippen molar-refractivity contribution in [1.29, 1.82) is 0 Å². The monoisotopic (exact) mass is 182 g/mol. The Bertz CT molecular complexity index is 241. The number of halogens is 3. The fourth-order valence-electron chi connectivity index (χ4n) is 0.491. The normalized spacial score (nSPS) is 11.0. The molecule has 0 bridgehead atoms. The van der Waals surface area contributed by atoms with E-state index in [0.29, 0.717) is 0 Å². The molecule has 0 aromatic carbocycles. The average Bonchev–Trinajstić information content (AvgIpc) is 2.32. The summed E-state index contributed by atoms with van der Waals surface area (Å²) in [5.41, 5.74) is 0. The molecule has 12 heavy (non-hydrogen) atoms. The number of hydrogen-bond acceptors (Lipinski definition) is 3. The number of nitrogens with zero attached hydrogens (tertiary/aromatic N) is 4. The lowest BCUT2D eigenvalue weighted by Crippen LogP contribution is -2.08. The summed E-state index contributed by atoms with van der Waals surface area (Å²) in [7, 11) is 0. The van der Waals surface area contributed by atoms with E-state index in [1.165, 1.54) is 0 Å². The van der Waals surface area contributed by atoms with Gasteiger partial charge in [-0.2, -0.15) is 18.0 Å². The number of tetrazole rings is 1. The van der Waals surface area contributed by atoms with Crippen LogP contribution in [0.4, 0.5) is 13.2 Å². The van der Waals surface area contributed by atoms with E-state index >= 15 is 0 Å². The zero-order chi connectivity index (χ0) is 8.48. The third-order valence-electron chi connectivity index (χ3n) is 0.989. The van der Waals surface area contributed by atoms with Crippen LogP contribution < -0.4 is 0 Å². The van der Waals surface area contributed by atoms with Gasteiger partial charge in [0.1, 0.15) is 0 Å². The molecule has 4 nitrogen and oxygen atoms in total. The molecule has 0 amide bonds. The van der Waals surface area contributed by atoms with Gasteiger partial charge in [-0.15, -0.1) is 10.2 Å².